The highest BCUT2D eigenvalue weighted by atomic mass is 16.5. The third-order valence-electron chi connectivity index (χ3n) is 3.22. The van der Waals surface area contributed by atoms with Crippen LogP contribution in [0, 0.1) is 0 Å². The van der Waals surface area contributed by atoms with Crippen molar-refractivity contribution in [2.75, 3.05) is 13.7 Å². The Morgan fingerprint density at radius 2 is 2.35 bits per heavy atom. The lowest BCUT2D eigenvalue weighted by Gasteiger charge is -2.08. The Labute approximate surface area is 102 Å². The minimum absolute atomic E-state index is 0.157. The zero-order valence-electron chi connectivity index (χ0n) is 10.4. The van der Waals surface area contributed by atoms with Gasteiger partial charge in [0.25, 0.3) is 0 Å². The fraction of sp³-hybridized carbons (Fsp3) is 0.500. The van der Waals surface area contributed by atoms with Crippen molar-refractivity contribution in [2.45, 2.75) is 32.3 Å². The van der Waals surface area contributed by atoms with E-state index >= 15 is 0 Å². The molecule has 2 rings (SSSR count). The SMILES string of the molecule is COC(C)C(=O)CCc1ccc2c(c1)CCO2. The molecule has 92 valence electrons. The molecule has 0 saturated heterocycles. The number of rotatable bonds is 5. The molecule has 1 unspecified atom stereocenters. The number of carbonyl (C=O) groups excluding carboxylic acids is 1. The van der Waals surface area contributed by atoms with Gasteiger partial charge in [0, 0.05) is 20.0 Å². The van der Waals surface area contributed by atoms with Gasteiger partial charge in [-0.25, -0.2) is 0 Å². The first-order valence-corrected chi connectivity index (χ1v) is 6.01. The Hall–Kier alpha value is -1.35. The average molecular weight is 234 g/mol. The third-order valence-corrected chi connectivity index (χ3v) is 3.22. The van der Waals surface area contributed by atoms with Gasteiger partial charge in [-0.05, 0) is 30.5 Å². The van der Waals surface area contributed by atoms with Crippen molar-refractivity contribution in [3.8, 4) is 5.75 Å². The summed E-state index contributed by atoms with van der Waals surface area (Å²) in [6.07, 6.45) is 1.99. The summed E-state index contributed by atoms with van der Waals surface area (Å²) < 4.78 is 10.5. The summed E-state index contributed by atoms with van der Waals surface area (Å²) in [4.78, 5) is 11.6. The van der Waals surface area contributed by atoms with Gasteiger partial charge in [-0.3, -0.25) is 4.79 Å². The van der Waals surface area contributed by atoms with Gasteiger partial charge in [0.1, 0.15) is 11.9 Å². The number of fused-ring (bicyclic) bond motifs is 1. The minimum atomic E-state index is -0.298. The summed E-state index contributed by atoms with van der Waals surface area (Å²) in [5.41, 5.74) is 2.46. The molecule has 0 amide bonds. The van der Waals surface area contributed by atoms with Gasteiger partial charge in [-0.2, -0.15) is 0 Å². The number of Topliss-reactive ketones (excluding diaryl/α,β-unsaturated/α-hetero) is 1. The van der Waals surface area contributed by atoms with Gasteiger partial charge in [0.2, 0.25) is 0 Å². The van der Waals surface area contributed by atoms with Crippen molar-refractivity contribution in [3.05, 3.63) is 29.3 Å². The van der Waals surface area contributed by atoms with Crippen molar-refractivity contribution >= 4 is 5.78 Å². The highest BCUT2D eigenvalue weighted by molar-refractivity contribution is 5.82. The molecule has 0 aliphatic carbocycles. The average Bonchev–Trinajstić information content (AvgIpc) is 2.82. The smallest absolute Gasteiger partial charge is 0.161 e. The lowest BCUT2D eigenvalue weighted by Crippen LogP contribution is -2.19. The first kappa shape index (κ1) is 12.1. The van der Waals surface area contributed by atoms with E-state index in [4.69, 9.17) is 9.47 Å². The van der Waals surface area contributed by atoms with Crippen molar-refractivity contribution in [1.29, 1.82) is 0 Å². The predicted molar refractivity (Wildman–Crippen MR) is 65.4 cm³/mol. The van der Waals surface area contributed by atoms with Crippen LogP contribution in [-0.4, -0.2) is 25.6 Å². The zero-order chi connectivity index (χ0) is 12.3. The monoisotopic (exact) mass is 234 g/mol. The number of ketones is 1. The highest BCUT2D eigenvalue weighted by Crippen LogP contribution is 2.26. The number of aryl methyl sites for hydroxylation is 1. The first-order chi connectivity index (χ1) is 8.20. The van der Waals surface area contributed by atoms with E-state index in [1.165, 1.54) is 11.1 Å². The second kappa shape index (κ2) is 5.32. The minimum Gasteiger partial charge on any atom is -0.493 e. The fourth-order valence-electron chi connectivity index (χ4n) is 2.00. The summed E-state index contributed by atoms with van der Waals surface area (Å²) in [6, 6.07) is 6.18. The van der Waals surface area contributed by atoms with Crippen molar-refractivity contribution < 1.29 is 14.3 Å². The summed E-state index contributed by atoms with van der Waals surface area (Å²) in [6.45, 7) is 2.57. The summed E-state index contributed by atoms with van der Waals surface area (Å²) in [5.74, 6) is 1.15. The quantitative estimate of drug-likeness (QED) is 0.783. The van der Waals surface area contributed by atoms with E-state index in [0.29, 0.717) is 6.42 Å². The number of hydrogen-bond donors (Lipinski definition) is 0. The molecular weight excluding hydrogens is 216 g/mol. The van der Waals surface area contributed by atoms with Gasteiger partial charge in [0.05, 0.1) is 6.61 Å². The Morgan fingerprint density at radius 1 is 1.53 bits per heavy atom. The molecule has 3 nitrogen and oxygen atoms in total. The maximum absolute atomic E-state index is 11.6. The first-order valence-electron chi connectivity index (χ1n) is 6.01. The van der Waals surface area contributed by atoms with Crippen LogP contribution in [-0.2, 0) is 22.4 Å². The molecule has 3 heteroatoms. The van der Waals surface area contributed by atoms with Crippen molar-refractivity contribution in [3.63, 3.8) is 0 Å². The molecule has 1 aliphatic rings. The largest absolute Gasteiger partial charge is 0.493 e. The molecule has 0 radical (unpaired) electrons. The van der Waals surface area contributed by atoms with Gasteiger partial charge in [-0.15, -0.1) is 0 Å². The lowest BCUT2D eigenvalue weighted by molar-refractivity contribution is -0.127. The Morgan fingerprint density at radius 3 is 3.12 bits per heavy atom. The Kier molecular flexibility index (Phi) is 3.79. The van der Waals surface area contributed by atoms with E-state index in [2.05, 4.69) is 6.07 Å². The second-order valence-electron chi connectivity index (χ2n) is 4.38. The van der Waals surface area contributed by atoms with Crippen LogP contribution in [0.5, 0.6) is 5.75 Å². The van der Waals surface area contributed by atoms with E-state index in [1.54, 1.807) is 14.0 Å². The van der Waals surface area contributed by atoms with Gasteiger partial charge >= 0.3 is 0 Å². The van der Waals surface area contributed by atoms with Gasteiger partial charge in [0.15, 0.2) is 5.78 Å². The number of carbonyl (C=O) groups is 1. The summed E-state index contributed by atoms with van der Waals surface area (Å²) >= 11 is 0. The van der Waals surface area contributed by atoms with Crippen LogP contribution < -0.4 is 4.74 Å². The molecule has 0 spiro atoms. The predicted octanol–water partition coefficient (Wildman–Crippen LogP) is 2.16. The molecule has 1 aliphatic heterocycles. The molecule has 1 atom stereocenters. The van der Waals surface area contributed by atoms with Crippen LogP contribution in [0.2, 0.25) is 0 Å². The van der Waals surface area contributed by atoms with Crippen molar-refractivity contribution in [2.24, 2.45) is 0 Å². The molecule has 0 N–H and O–H groups in total. The summed E-state index contributed by atoms with van der Waals surface area (Å²) in [5, 5.41) is 0. The lowest BCUT2D eigenvalue weighted by atomic mass is 10.0. The van der Waals surface area contributed by atoms with E-state index in [9.17, 15) is 4.79 Å². The number of hydrogen-bond acceptors (Lipinski definition) is 3. The van der Waals surface area contributed by atoms with Crippen LogP contribution in [0.3, 0.4) is 0 Å². The van der Waals surface area contributed by atoms with Gasteiger partial charge in [-0.1, -0.05) is 12.1 Å². The molecule has 1 aromatic rings. The van der Waals surface area contributed by atoms with Crippen LogP contribution >= 0.6 is 0 Å². The Balaban J connectivity index is 1.93. The molecule has 0 bridgehead atoms. The molecule has 1 heterocycles. The molecule has 0 saturated carbocycles. The van der Waals surface area contributed by atoms with Crippen LogP contribution in [0.4, 0.5) is 0 Å². The molecular formula is C14H18O3. The zero-order valence-corrected chi connectivity index (χ0v) is 10.4. The Bertz CT molecular complexity index is 412. The fourth-order valence-corrected chi connectivity index (χ4v) is 2.00. The van der Waals surface area contributed by atoms with Gasteiger partial charge < -0.3 is 9.47 Å². The number of methoxy groups -OCH3 is 1. The van der Waals surface area contributed by atoms with Crippen LogP contribution in [0.15, 0.2) is 18.2 Å². The normalized spacial score (nSPS) is 15.2. The van der Waals surface area contributed by atoms with Crippen LogP contribution in [0.25, 0.3) is 0 Å². The maximum atomic E-state index is 11.6. The topological polar surface area (TPSA) is 35.5 Å². The molecule has 0 fully saturated rings. The number of ether oxygens (including phenoxy) is 2. The van der Waals surface area contributed by atoms with Crippen molar-refractivity contribution in [1.82, 2.24) is 0 Å². The second-order valence-corrected chi connectivity index (χ2v) is 4.38. The van der Waals surface area contributed by atoms with E-state index in [1.807, 2.05) is 12.1 Å². The van der Waals surface area contributed by atoms with E-state index in [0.717, 1.165) is 25.2 Å². The third kappa shape index (κ3) is 2.86. The standard InChI is InChI=1S/C14H18O3/c1-10(16-2)13(15)5-3-11-4-6-14-12(9-11)7-8-17-14/h4,6,9-10H,3,5,7-8H2,1-2H3. The molecule has 17 heavy (non-hydrogen) atoms. The van der Waals surface area contributed by atoms with E-state index in [-0.39, 0.29) is 11.9 Å². The molecule has 1 aromatic carbocycles. The highest BCUT2D eigenvalue weighted by Gasteiger charge is 2.14. The molecule has 0 aromatic heterocycles. The maximum Gasteiger partial charge on any atom is 0.161 e. The number of benzene rings is 1. The van der Waals surface area contributed by atoms with E-state index < -0.39 is 0 Å². The summed E-state index contributed by atoms with van der Waals surface area (Å²) in [7, 11) is 1.56. The van der Waals surface area contributed by atoms with Crippen LogP contribution in [0.1, 0.15) is 24.5 Å².